The lowest BCUT2D eigenvalue weighted by Gasteiger charge is -2.18. The van der Waals surface area contributed by atoms with Crippen molar-refractivity contribution in [2.75, 3.05) is 6.06 Å². The number of benzene rings is 2. The molecule has 0 unspecified atom stereocenters. The molecule has 0 amide bonds. The Hall–Kier alpha value is -1.15. The van der Waals surface area contributed by atoms with Crippen LogP contribution in [-0.2, 0) is 0 Å². The van der Waals surface area contributed by atoms with Crippen molar-refractivity contribution < 1.29 is 10.0 Å². The summed E-state index contributed by atoms with van der Waals surface area (Å²) >= 11 is 0. The molecular weight excluding hydrogens is 230 g/mol. The van der Waals surface area contributed by atoms with Crippen LogP contribution in [0, 0.1) is 0 Å². The zero-order valence-corrected chi connectivity index (χ0v) is 10.3. The van der Waals surface area contributed by atoms with Gasteiger partial charge in [-0.05, 0) is 18.5 Å². The van der Waals surface area contributed by atoms with Gasteiger partial charge in [0.25, 0.3) is 0 Å². The van der Waals surface area contributed by atoms with E-state index in [9.17, 15) is 10.0 Å². The molecule has 0 heterocycles. The Morgan fingerprint density at radius 1 is 0.765 bits per heavy atom. The zero-order chi connectivity index (χ0) is 12.1. The highest BCUT2D eigenvalue weighted by Crippen LogP contribution is 2.32. The van der Waals surface area contributed by atoms with Crippen LogP contribution in [-0.4, -0.2) is 23.2 Å². The molecule has 0 fully saturated rings. The summed E-state index contributed by atoms with van der Waals surface area (Å²) in [5, 5.41) is 20.8. The Morgan fingerprint density at radius 3 is 1.53 bits per heavy atom. The average Bonchev–Trinajstić information content (AvgIpc) is 2.38. The second-order valence-electron chi connectivity index (χ2n) is 3.76. The van der Waals surface area contributed by atoms with Gasteiger partial charge in [-0.3, -0.25) is 0 Å². The molecule has 4 heteroatoms. The average molecular weight is 244 g/mol. The molecule has 0 aromatic heterocycles. The molecule has 86 valence electrons. The fourth-order valence-corrected chi connectivity index (χ4v) is 3.85. The van der Waals surface area contributed by atoms with Gasteiger partial charge in [0.05, 0.1) is 0 Å². The van der Waals surface area contributed by atoms with E-state index in [0.717, 1.165) is 0 Å². The molecule has 0 bridgehead atoms. The van der Waals surface area contributed by atoms with Gasteiger partial charge in [-0.1, -0.05) is 60.7 Å². The Bertz CT molecular complexity index is 408. The van der Waals surface area contributed by atoms with E-state index in [1.165, 1.54) is 10.6 Å². The summed E-state index contributed by atoms with van der Waals surface area (Å²) in [7, 11) is -1.95. The lowest BCUT2D eigenvalue weighted by atomic mass is 9.98. The van der Waals surface area contributed by atoms with Crippen LogP contribution in [0.3, 0.4) is 0 Å². The summed E-state index contributed by atoms with van der Waals surface area (Å²) in [5.74, 6) is 0. The standard InChI is InChI=1S/C13H14BO2P/c15-14(16)11-17(12-7-3-1-4-8-12)13-9-5-2-6-10-13/h1-10,15-16H,11H2. The van der Waals surface area contributed by atoms with Crippen molar-refractivity contribution in [2.24, 2.45) is 0 Å². The maximum Gasteiger partial charge on any atom is 0.456 e. The quantitative estimate of drug-likeness (QED) is 0.625. The molecule has 0 atom stereocenters. The molecule has 0 aliphatic heterocycles. The first kappa shape index (κ1) is 12.3. The van der Waals surface area contributed by atoms with E-state index < -0.39 is 15.0 Å². The molecule has 2 rings (SSSR count). The highest BCUT2D eigenvalue weighted by atomic mass is 31.1. The highest BCUT2D eigenvalue weighted by molar-refractivity contribution is 7.74. The summed E-state index contributed by atoms with van der Waals surface area (Å²) in [6.07, 6.45) is 0. The van der Waals surface area contributed by atoms with Crippen LogP contribution < -0.4 is 10.6 Å². The molecule has 17 heavy (non-hydrogen) atoms. The molecule has 2 N–H and O–H groups in total. The minimum Gasteiger partial charge on any atom is -0.427 e. The lowest BCUT2D eigenvalue weighted by Crippen LogP contribution is -2.24. The van der Waals surface area contributed by atoms with Crippen molar-refractivity contribution in [3.05, 3.63) is 60.7 Å². The van der Waals surface area contributed by atoms with Crippen LogP contribution in [0.25, 0.3) is 0 Å². The topological polar surface area (TPSA) is 40.5 Å². The van der Waals surface area contributed by atoms with Gasteiger partial charge < -0.3 is 10.0 Å². The third-order valence-corrected chi connectivity index (χ3v) is 5.02. The van der Waals surface area contributed by atoms with Gasteiger partial charge in [-0.25, -0.2) is 0 Å². The van der Waals surface area contributed by atoms with Crippen LogP contribution in [0.5, 0.6) is 0 Å². The van der Waals surface area contributed by atoms with Crippen molar-refractivity contribution in [3.63, 3.8) is 0 Å². The second-order valence-corrected chi connectivity index (χ2v) is 6.02. The van der Waals surface area contributed by atoms with Crippen LogP contribution in [0.15, 0.2) is 60.7 Å². The van der Waals surface area contributed by atoms with Gasteiger partial charge in [-0.15, -0.1) is 0 Å². The summed E-state index contributed by atoms with van der Waals surface area (Å²) in [4.78, 5) is 0. The van der Waals surface area contributed by atoms with E-state index in [2.05, 4.69) is 0 Å². The highest BCUT2D eigenvalue weighted by Gasteiger charge is 2.19. The first-order valence-electron chi connectivity index (χ1n) is 5.51. The van der Waals surface area contributed by atoms with E-state index in [1.807, 2.05) is 60.7 Å². The van der Waals surface area contributed by atoms with Gasteiger partial charge in [-0.2, -0.15) is 0 Å². The van der Waals surface area contributed by atoms with Crippen molar-refractivity contribution in [1.82, 2.24) is 0 Å². The smallest absolute Gasteiger partial charge is 0.427 e. The lowest BCUT2D eigenvalue weighted by molar-refractivity contribution is 0.415. The minimum absolute atomic E-state index is 0.378. The third-order valence-electron chi connectivity index (χ3n) is 2.48. The fraction of sp³-hybridized carbons (Fsp3) is 0.0769. The minimum atomic E-state index is -1.26. The maximum absolute atomic E-state index is 9.22. The molecular formula is C13H14BO2P. The van der Waals surface area contributed by atoms with E-state index in [0.29, 0.717) is 6.06 Å². The van der Waals surface area contributed by atoms with E-state index in [4.69, 9.17) is 0 Å². The Balaban J connectivity index is 2.32. The Labute approximate surface area is 103 Å². The van der Waals surface area contributed by atoms with Gasteiger partial charge in [0.15, 0.2) is 0 Å². The van der Waals surface area contributed by atoms with Crippen molar-refractivity contribution >= 4 is 25.6 Å². The first-order valence-corrected chi connectivity index (χ1v) is 7.04. The Kier molecular flexibility index (Phi) is 4.32. The van der Waals surface area contributed by atoms with Crippen molar-refractivity contribution in [2.45, 2.75) is 0 Å². The molecule has 2 nitrogen and oxygen atoms in total. The maximum atomic E-state index is 9.22. The molecule has 2 aromatic rings. The normalized spacial score (nSPS) is 10.5. The third kappa shape index (κ3) is 3.40. The molecule has 0 aliphatic carbocycles. The zero-order valence-electron chi connectivity index (χ0n) is 9.40. The van der Waals surface area contributed by atoms with Gasteiger partial charge in [0.2, 0.25) is 0 Å². The number of hydrogen-bond acceptors (Lipinski definition) is 2. The van der Waals surface area contributed by atoms with E-state index in [1.54, 1.807) is 0 Å². The van der Waals surface area contributed by atoms with E-state index in [-0.39, 0.29) is 0 Å². The molecule has 0 spiro atoms. The first-order chi connectivity index (χ1) is 8.27. The Morgan fingerprint density at radius 2 is 1.18 bits per heavy atom. The van der Waals surface area contributed by atoms with Crippen LogP contribution in [0.2, 0.25) is 0 Å². The summed E-state index contributed by atoms with van der Waals surface area (Å²) < 4.78 is 0. The fourth-order valence-electron chi connectivity index (χ4n) is 1.74. The van der Waals surface area contributed by atoms with Crippen molar-refractivity contribution in [1.29, 1.82) is 0 Å². The molecule has 0 saturated heterocycles. The molecule has 2 aromatic carbocycles. The monoisotopic (exact) mass is 244 g/mol. The van der Waals surface area contributed by atoms with Crippen molar-refractivity contribution in [3.8, 4) is 0 Å². The van der Waals surface area contributed by atoms with Crippen LogP contribution in [0.4, 0.5) is 0 Å². The number of hydrogen-bond donors (Lipinski definition) is 2. The molecule has 0 radical (unpaired) electrons. The SMILES string of the molecule is OB(O)CP(c1ccccc1)c1ccccc1. The molecule has 0 aliphatic rings. The predicted molar refractivity (Wildman–Crippen MR) is 74.1 cm³/mol. The predicted octanol–water partition coefficient (Wildman–Crippen LogP) is 1.13. The van der Waals surface area contributed by atoms with Gasteiger partial charge in [0, 0.05) is 6.06 Å². The number of rotatable bonds is 4. The van der Waals surface area contributed by atoms with E-state index >= 15 is 0 Å². The largest absolute Gasteiger partial charge is 0.456 e. The molecule has 0 saturated carbocycles. The van der Waals surface area contributed by atoms with Gasteiger partial charge in [0.1, 0.15) is 0 Å². The van der Waals surface area contributed by atoms with Crippen LogP contribution in [0.1, 0.15) is 0 Å². The summed E-state index contributed by atoms with van der Waals surface area (Å²) in [6.45, 7) is 0. The van der Waals surface area contributed by atoms with Gasteiger partial charge >= 0.3 is 7.12 Å². The summed E-state index contributed by atoms with van der Waals surface area (Å²) in [6, 6.07) is 20.4. The second kappa shape index (κ2) is 5.97. The van der Waals surface area contributed by atoms with Crippen LogP contribution >= 0.6 is 7.92 Å². The summed E-state index contributed by atoms with van der Waals surface area (Å²) in [5.41, 5.74) is 0.